The van der Waals surface area contributed by atoms with Crippen LogP contribution in [0.15, 0.2) is 92.3 Å². The number of fused-ring (bicyclic) bond motifs is 1. The lowest BCUT2D eigenvalue weighted by Crippen LogP contribution is -2.43. The number of halogens is 2. The zero-order valence-corrected chi connectivity index (χ0v) is 26.7. The summed E-state index contributed by atoms with van der Waals surface area (Å²) in [5.41, 5.74) is 3.13. The molecule has 0 spiro atoms. The van der Waals surface area contributed by atoms with E-state index in [2.05, 4.69) is 15.9 Å². The minimum Gasteiger partial charge on any atom is -0.496 e. The fourth-order valence-electron chi connectivity index (χ4n) is 5.08. The minimum absolute atomic E-state index is 0.156. The maximum Gasteiger partial charge on any atom is 0.271 e. The molecule has 2 heterocycles. The normalized spacial score (nSPS) is 14.7. The molecule has 43 heavy (non-hydrogen) atoms. The molecule has 0 saturated carbocycles. The summed E-state index contributed by atoms with van der Waals surface area (Å²) in [4.78, 5) is 34.9. The molecule has 0 unspecified atom stereocenters. The molecule has 0 saturated heterocycles. The molecule has 1 aromatic heterocycles. The van der Waals surface area contributed by atoms with E-state index in [-0.39, 0.29) is 23.9 Å². The molecule has 222 valence electrons. The molecule has 0 bridgehead atoms. The van der Waals surface area contributed by atoms with Gasteiger partial charge in [-0.1, -0.05) is 47.7 Å². The molecule has 1 aliphatic rings. The number of hydrogen-bond acceptors (Lipinski definition) is 6. The molecule has 10 heteroatoms. The number of amides is 1. The number of allylic oxidation sites excluding steroid dienone is 1. The molecule has 0 fully saturated rings. The van der Waals surface area contributed by atoms with Crippen LogP contribution in [0.25, 0.3) is 6.08 Å². The van der Waals surface area contributed by atoms with Crippen molar-refractivity contribution in [3.05, 3.63) is 125 Å². The predicted molar refractivity (Wildman–Crippen MR) is 170 cm³/mol. The molecule has 0 aliphatic carbocycles. The third-order valence-electron chi connectivity index (χ3n) is 7.30. The highest BCUT2D eigenvalue weighted by atomic mass is 79.9. The van der Waals surface area contributed by atoms with Gasteiger partial charge in [0.05, 0.1) is 27.4 Å². The number of thiazole rings is 1. The van der Waals surface area contributed by atoms with Crippen LogP contribution in [-0.4, -0.2) is 35.6 Å². The van der Waals surface area contributed by atoms with Crippen molar-refractivity contribution in [3.8, 4) is 11.5 Å². The van der Waals surface area contributed by atoms with Crippen LogP contribution in [0.4, 0.5) is 4.39 Å². The molecule has 0 N–H and O–H groups in total. The monoisotopic (exact) mass is 663 g/mol. The van der Waals surface area contributed by atoms with Gasteiger partial charge >= 0.3 is 0 Å². The average molecular weight is 665 g/mol. The molecule has 1 atom stereocenters. The summed E-state index contributed by atoms with van der Waals surface area (Å²) < 4.78 is 27.6. The topological polar surface area (TPSA) is 73.1 Å². The van der Waals surface area contributed by atoms with E-state index in [9.17, 15) is 14.0 Å². The van der Waals surface area contributed by atoms with Crippen LogP contribution in [0.1, 0.15) is 43.5 Å². The number of hydrogen-bond donors (Lipinski definition) is 0. The van der Waals surface area contributed by atoms with Gasteiger partial charge in [-0.15, -0.1) is 0 Å². The Morgan fingerprint density at radius 3 is 2.49 bits per heavy atom. The number of ether oxygens (including phenoxy) is 2. The van der Waals surface area contributed by atoms with Crippen LogP contribution >= 0.6 is 27.3 Å². The second kappa shape index (κ2) is 13.1. The summed E-state index contributed by atoms with van der Waals surface area (Å²) in [5.74, 6) is 0.753. The van der Waals surface area contributed by atoms with Gasteiger partial charge in [0.15, 0.2) is 4.80 Å². The zero-order chi connectivity index (χ0) is 30.7. The maximum atomic E-state index is 14.1. The van der Waals surface area contributed by atoms with Crippen LogP contribution in [0.3, 0.4) is 0 Å². The van der Waals surface area contributed by atoms with Gasteiger partial charge in [-0.05, 0) is 84.2 Å². The van der Waals surface area contributed by atoms with Gasteiger partial charge in [0, 0.05) is 18.7 Å². The Morgan fingerprint density at radius 1 is 1.09 bits per heavy atom. The molecule has 5 rings (SSSR count). The van der Waals surface area contributed by atoms with Crippen molar-refractivity contribution in [2.75, 3.05) is 20.2 Å². The van der Waals surface area contributed by atoms with Crippen molar-refractivity contribution in [3.63, 3.8) is 0 Å². The Kier molecular flexibility index (Phi) is 9.27. The Hall–Kier alpha value is -4.02. The van der Waals surface area contributed by atoms with Gasteiger partial charge in [-0.2, -0.15) is 0 Å². The van der Waals surface area contributed by atoms with Crippen molar-refractivity contribution in [1.82, 2.24) is 9.47 Å². The first kappa shape index (κ1) is 30.4. The third-order valence-corrected chi connectivity index (χ3v) is 8.90. The summed E-state index contributed by atoms with van der Waals surface area (Å²) in [6, 6.07) is 18.5. The van der Waals surface area contributed by atoms with Gasteiger partial charge in [0.2, 0.25) is 0 Å². The van der Waals surface area contributed by atoms with Crippen LogP contribution in [-0.2, 0) is 11.4 Å². The van der Waals surface area contributed by atoms with Crippen LogP contribution in [0.2, 0.25) is 0 Å². The van der Waals surface area contributed by atoms with E-state index in [1.54, 1.807) is 28.7 Å². The van der Waals surface area contributed by atoms with E-state index in [4.69, 9.17) is 14.5 Å². The Morgan fingerprint density at radius 2 is 1.81 bits per heavy atom. The van der Waals surface area contributed by atoms with Crippen LogP contribution in [0.5, 0.6) is 11.5 Å². The lowest BCUT2D eigenvalue weighted by Gasteiger charge is -2.29. The van der Waals surface area contributed by atoms with E-state index < -0.39 is 6.04 Å². The van der Waals surface area contributed by atoms with E-state index in [1.165, 1.54) is 23.5 Å². The van der Waals surface area contributed by atoms with E-state index in [1.807, 2.05) is 69.3 Å². The number of benzene rings is 3. The highest BCUT2D eigenvalue weighted by Crippen LogP contribution is 2.36. The second-order valence-electron chi connectivity index (χ2n) is 9.91. The molecule has 0 radical (unpaired) electrons. The Balaban J connectivity index is 1.56. The number of aromatic nitrogens is 1. The summed E-state index contributed by atoms with van der Waals surface area (Å²) >= 11 is 4.85. The minimum atomic E-state index is -0.698. The third kappa shape index (κ3) is 6.21. The molecular weight excluding hydrogens is 633 g/mol. The zero-order valence-electron chi connectivity index (χ0n) is 24.3. The second-order valence-corrected chi connectivity index (χ2v) is 11.8. The van der Waals surface area contributed by atoms with E-state index in [0.29, 0.717) is 55.2 Å². The van der Waals surface area contributed by atoms with Gasteiger partial charge in [0.1, 0.15) is 30.0 Å². The smallest absolute Gasteiger partial charge is 0.271 e. The van der Waals surface area contributed by atoms with Crippen molar-refractivity contribution >= 4 is 39.2 Å². The standard InChI is InChI=1S/C33H31BrFN3O4S/c1-5-37(6-2)32(40)29-20(3)36-33-38(30(29)24-9-7-8-10-26(24)41-4)31(39)28(43-33)18-22-13-16-27(25(34)17-22)42-19-21-11-14-23(35)15-12-21/h7-18,30H,5-6,19H2,1-4H3/b28-18+/t30-/m1/s1. The average Bonchev–Trinajstić information content (AvgIpc) is 3.31. The lowest BCUT2D eigenvalue weighted by atomic mass is 9.94. The van der Waals surface area contributed by atoms with Crippen molar-refractivity contribution in [1.29, 1.82) is 0 Å². The first-order valence-electron chi connectivity index (χ1n) is 13.9. The fourth-order valence-corrected chi connectivity index (χ4v) is 6.64. The number of methoxy groups -OCH3 is 1. The SMILES string of the molecule is CCN(CC)C(=O)C1=C(C)N=c2s/c(=C/c3ccc(OCc4ccc(F)cc4)c(Br)c3)c(=O)n2[C@@H]1c1ccccc1OC. The molecular formula is C33H31BrFN3O4S. The number of para-hydroxylation sites is 1. The maximum absolute atomic E-state index is 14.1. The molecule has 3 aromatic carbocycles. The number of carbonyl (C=O) groups excluding carboxylic acids is 1. The highest BCUT2D eigenvalue weighted by molar-refractivity contribution is 9.10. The van der Waals surface area contributed by atoms with Crippen molar-refractivity contribution in [2.24, 2.45) is 4.99 Å². The van der Waals surface area contributed by atoms with Crippen molar-refractivity contribution in [2.45, 2.75) is 33.4 Å². The van der Waals surface area contributed by atoms with Gasteiger partial charge in [-0.3, -0.25) is 14.2 Å². The summed E-state index contributed by atoms with van der Waals surface area (Å²) in [7, 11) is 1.58. The molecule has 1 aliphatic heterocycles. The summed E-state index contributed by atoms with van der Waals surface area (Å²) in [6.45, 7) is 7.04. The number of carbonyl (C=O) groups is 1. The van der Waals surface area contributed by atoms with Gasteiger partial charge in [-0.25, -0.2) is 9.38 Å². The van der Waals surface area contributed by atoms with Crippen LogP contribution in [0, 0.1) is 5.82 Å². The van der Waals surface area contributed by atoms with Gasteiger partial charge < -0.3 is 14.4 Å². The number of rotatable bonds is 9. The summed E-state index contributed by atoms with van der Waals surface area (Å²) in [6.07, 6.45) is 1.81. The number of likely N-dealkylation sites (N-methyl/N-ethyl adjacent to an activating group) is 1. The molecule has 7 nitrogen and oxygen atoms in total. The Bertz CT molecular complexity index is 1880. The lowest BCUT2D eigenvalue weighted by molar-refractivity contribution is -0.127. The largest absolute Gasteiger partial charge is 0.496 e. The first-order chi connectivity index (χ1) is 20.7. The molecule has 1 amide bonds. The first-order valence-corrected chi connectivity index (χ1v) is 15.5. The number of nitrogens with zero attached hydrogens (tertiary/aromatic N) is 3. The van der Waals surface area contributed by atoms with E-state index in [0.717, 1.165) is 11.1 Å². The highest BCUT2D eigenvalue weighted by Gasteiger charge is 2.35. The van der Waals surface area contributed by atoms with Gasteiger partial charge in [0.25, 0.3) is 11.5 Å². The Labute approximate surface area is 261 Å². The van der Waals surface area contributed by atoms with Crippen molar-refractivity contribution < 1.29 is 18.7 Å². The summed E-state index contributed by atoms with van der Waals surface area (Å²) in [5, 5.41) is 0. The van der Waals surface area contributed by atoms with E-state index >= 15 is 0 Å². The predicted octanol–water partition coefficient (Wildman–Crippen LogP) is 5.59. The molecule has 4 aromatic rings. The quantitative estimate of drug-likeness (QED) is 0.234. The van der Waals surface area contributed by atoms with Crippen LogP contribution < -0.4 is 24.4 Å². The fraction of sp³-hybridized carbons (Fsp3) is 0.242.